The van der Waals surface area contributed by atoms with Crippen LogP contribution in [0.3, 0.4) is 0 Å². The molecule has 2 atom stereocenters. The van der Waals surface area contributed by atoms with E-state index in [1.165, 1.54) is 63.5 Å². The minimum absolute atomic E-state index is 0.0347. The molecule has 73 heavy (non-hydrogen) atoms. The number of ether oxygens (including phenoxy) is 4. The minimum Gasteiger partial charge on any atom is -0.508 e. The van der Waals surface area contributed by atoms with Crippen molar-refractivity contribution >= 4 is 39.4 Å². The number of H-pyrrole nitrogens is 1. The van der Waals surface area contributed by atoms with Crippen molar-refractivity contribution in [3.05, 3.63) is 47.9 Å². The summed E-state index contributed by atoms with van der Waals surface area (Å²) in [6.45, 7) is 8.26. The molecule has 0 radical (unpaired) electrons. The maximum Gasteiger partial charge on any atom is 0.246 e. The number of carbonyl (C=O) groups excluding carboxylic acids is 5. The van der Waals surface area contributed by atoms with Crippen molar-refractivity contribution in [1.29, 1.82) is 0 Å². The number of aromatic nitrogens is 4. The number of primary amides is 1. The fourth-order valence-electron chi connectivity index (χ4n) is 7.68. The summed E-state index contributed by atoms with van der Waals surface area (Å²) >= 11 is 0. The third-order valence-corrected chi connectivity index (χ3v) is 13.3. The van der Waals surface area contributed by atoms with E-state index in [-0.39, 0.29) is 101 Å². The summed E-state index contributed by atoms with van der Waals surface area (Å²) in [5, 5.41) is 31.9. The predicted octanol–water partition coefficient (Wildman–Crippen LogP) is 4.65. The summed E-state index contributed by atoms with van der Waals surface area (Å²) in [4.78, 5) is 61.0. The van der Waals surface area contributed by atoms with Crippen LogP contribution in [0.1, 0.15) is 147 Å². The molecule has 0 spiro atoms. The molecule has 0 fully saturated rings. The van der Waals surface area contributed by atoms with Crippen LogP contribution in [-0.4, -0.2) is 142 Å². The number of ketones is 1. The normalized spacial score (nSPS) is 12.2. The van der Waals surface area contributed by atoms with Gasteiger partial charge >= 0.3 is 0 Å². The lowest BCUT2D eigenvalue weighted by atomic mass is 9.88. The molecule has 2 rings (SSSR count). The molecule has 0 bridgehead atoms. The third kappa shape index (κ3) is 36.5. The van der Waals surface area contributed by atoms with E-state index in [0.29, 0.717) is 63.9 Å². The largest absolute Gasteiger partial charge is 0.508 e. The number of aromatic amines is 1. The number of allylic oxidation sites excluding steroid dienone is 1. The Bertz CT molecular complexity index is 1920. The summed E-state index contributed by atoms with van der Waals surface area (Å²) in [6.07, 6.45) is 19.1. The van der Waals surface area contributed by atoms with Crippen LogP contribution in [0.2, 0.25) is 0 Å². The van der Waals surface area contributed by atoms with Crippen LogP contribution < -0.4 is 26.4 Å². The number of aromatic hydroxyl groups is 1. The van der Waals surface area contributed by atoms with Crippen LogP contribution in [0.5, 0.6) is 5.75 Å². The zero-order valence-electron chi connectivity index (χ0n) is 43.5. The summed E-state index contributed by atoms with van der Waals surface area (Å²) in [5.41, 5.74) is 7.04. The molecule has 0 saturated heterocycles. The molecule has 21 nitrogen and oxygen atoms in total. The number of aryl methyl sites for hydroxylation is 1. The number of tetrazole rings is 1. The second kappa shape index (κ2) is 41.3. The number of unbranched alkanes of at least 4 members (excludes halogenated alkanes) is 13. The van der Waals surface area contributed by atoms with E-state index in [9.17, 15) is 37.5 Å². The molecule has 8 N–H and O–H groups in total. The number of hydrogen-bond donors (Lipinski definition) is 7. The average Bonchev–Trinajstić information content (AvgIpc) is 3.88. The number of nitrogens with zero attached hydrogens (tertiary/aromatic N) is 3. The lowest BCUT2D eigenvalue weighted by molar-refractivity contribution is -0.129. The van der Waals surface area contributed by atoms with Crippen molar-refractivity contribution in [2.45, 2.75) is 148 Å². The molecular formula is C51H87N9O12S. The molecule has 0 aliphatic rings. The maximum atomic E-state index is 12.7. The van der Waals surface area contributed by atoms with Crippen molar-refractivity contribution in [2.24, 2.45) is 17.6 Å². The Labute approximate surface area is 433 Å². The number of phenols is 1. The Morgan fingerprint density at radius 3 is 1.79 bits per heavy atom. The summed E-state index contributed by atoms with van der Waals surface area (Å²) in [7, 11) is -3.71. The molecule has 2 aromatic rings. The van der Waals surface area contributed by atoms with Crippen LogP contribution in [0.4, 0.5) is 0 Å². The highest BCUT2D eigenvalue weighted by Crippen LogP contribution is 2.20. The predicted molar refractivity (Wildman–Crippen MR) is 277 cm³/mol. The van der Waals surface area contributed by atoms with E-state index in [0.717, 1.165) is 49.9 Å². The first-order valence-electron chi connectivity index (χ1n) is 26.4. The highest BCUT2D eigenvalue weighted by Gasteiger charge is 2.23. The average molecular weight is 1050 g/mol. The Kier molecular flexibility index (Phi) is 36.3. The minimum atomic E-state index is -3.71. The molecule has 0 unspecified atom stereocenters. The van der Waals surface area contributed by atoms with E-state index in [4.69, 9.17) is 24.7 Å². The number of benzene rings is 1. The zero-order chi connectivity index (χ0) is 53.2. The number of amides is 4. The third-order valence-electron chi connectivity index (χ3n) is 12.0. The van der Waals surface area contributed by atoms with Gasteiger partial charge in [0.25, 0.3) is 0 Å². The van der Waals surface area contributed by atoms with E-state index >= 15 is 0 Å². The number of carbonyl (C=O) groups is 5. The smallest absolute Gasteiger partial charge is 0.246 e. The maximum absolute atomic E-state index is 12.7. The molecule has 1 aromatic heterocycles. The van der Waals surface area contributed by atoms with Crippen molar-refractivity contribution in [2.75, 3.05) is 78.2 Å². The molecule has 4 amide bonds. The molecule has 0 aliphatic carbocycles. The van der Waals surface area contributed by atoms with Crippen molar-refractivity contribution in [3.63, 3.8) is 0 Å². The first-order chi connectivity index (χ1) is 35.2. The Balaban J connectivity index is 1.30. The molecule has 1 aromatic carbocycles. The van der Waals surface area contributed by atoms with Gasteiger partial charge in [-0.2, -0.15) is 0 Å². The van der Waals surface area contributed by atoms with E-state index in [1.54, 1.807) is 12.1 Å². The Morgan fingerprint density at radius 1 is 0.671 bits per heavy atom. The zero-order valence-corrected chi connectivity index (χ0v) is 44.3. The highest BCUT2D eigenvalue weighted by atomic mass is 32.2. The van der Waals surface area contributed by atoms with Gasteiger partial charge in [0.2, 0.25) is 33.7 Å². The summed E-state index contributed by atoms with van der Waals surface area (Å²) in [6, 6.07) is 6.46. The quantitative estimate of drug-likeness (QED) is 0.0444. The van der Waals surface area contributed by atoms with Gasteiger partial charge in [0.05, 0.1) is 45.4 Å². The van der Waals surface area contributed by atoms with Crippen molar-refractivity contribution in [1.82, 2.24) is 41.3 Å². The topological polar surface area (TPSA) is 305 Å². The number of rotatable bonds is 49. The molecule has 0 aliphatic heterocycles. The van der Waals surface area contributed by atoms with Gasteiger partial charge in [-0.05, 0) is 73.1 Å². The van der Waals surface area contributed by atoms with Crippen LogP contribution in [-0.2, 0) is 65.8 Å². The molecule has 1 heterocycles. The molecule has 0 saturated carbocycles. The number of phenolic OH excluding ortho intramolecular Hbond substituents is 1. The van der Waals surface area contributed by atoms with Crippen LogP contribution >= 0.6 is 0 Å². The van der Waals surface area contributed by atoms with Gasteiger partial charge in [-0.3, -0.25) is 28.7 Å². The van der Waals surface area contributed by atoms with E-state index in [1.807, 2.05) is 6.92 Å². The van der Waals surface area contributed by atoms with Crippen LogP contribution in [0.15, 0.2) is 36.5 Å². The van der Waals surface area contributed by atoms with Gasteiger partial charge in [-0.15, -0.1) is 5.10 Å². The number of nitrogens with two attached hydrogens (primary N) is 1. The number of hydrogen-bond acceptors (Lipinski definition) is 16. The van der Waals surface area contributed by atoms with Crippen molar-refractivity contribution in [3.8, 4) is 5.75 Å². The Hall–Kier alpha value is -5.03. The van der Waals surface area contributed by atoms with Gasteiger partial charge in [-0.1, -0.05) is 103 Å². The number of sulfonamides is 1. The van der Waals surface area contributed by atoms with Gasteiger partial charge in [0, 0.05) is 56.4 Å². The van der Waals surface area contributed by atoms with Gasteiger partial charge in [0.1, 0.15) is 30.6 Å². The fraction of sp³-hybridized carbons (Fsp3) is 0.725. The number of Topliss-reactive ketones (excluding diaryl/α,β-unsaturated/α-hetero) is 1. The van der Waals surface area contributed by atoms with E-state index < -0.39 is 27.8 Å². The van der Waals surface area contributed by atoms with E-state index in [2.05, 4.69) is 47.9 Å². The molecule has 22 heteroatoms. The highest BCUT2D eigenvalue weighted by molar-refractivity contribution is 7.90. The SMILES string of the molecule is C=C(CCCS(=O)(=O)NC(=O)CCCCCCCCCCCCCCCc1nnn[nH]1)NCCOCCOCC(=O)NCCOCCOCC(=O)NCCCC[C@H](C)C(=O)C[C@@H](Cc1ccc(O)cc1)C(N)=O. The second-order valence-electron chi connectivity index (χ2n) is 18.5. The lowest BCUT2D eigenvalue weighted by Crippen LogP contribution is -2.32. The van der Waals surface area contributed by atoms with Crippen LogP contribution in [0, 0.1) is 11.8 Å². The standard InChI is InChI=1S/C51H87N9O12S/c1-41(46(62)38-44(51(52)66)37-43-23-25-45(61)26-24-43)19-16-17-27-54-49(64)39-71-35-33-70-31-29-55-50(65)40-72-34-32-69-30-28-53-42(2)20-18-36-73(67,68)58-48(63)22-15-13-11-9-7-5-3-4-6-8-10-12-14-21-47-56-59-60-57-47/h23-26,41,44,53,61H,2-22,27-40H2,1H3,(H2,52,66)(H,54,64)(H,55,65)(H,58,63)(H,56,57,59,60)/t41-,44+/m0/s1. The molecule has 414 valence electrons. The van der Waals surface area contributed by atoms with Crippen LogP contribution in [0.25, 0.3) is 0 Å². The lowest BCUT2D eigenvalue weighted by Gasteiger charge is -2.16. The van der Waals surface area contributed by atoms with Gasteiger partial charge < -0.3 is 45.7 Å². The Morgan fingerprint density at radius 2 is 1.22 bits per heavy atom. The summed E-state index contributed by atoms with van der Waals surface area (Å²) in [5.74, 6) is -1.64. The monoisotopic (exact) mass is 1050 g/mol. The first-order valence-corrected chi connectivity index (χ1v) is 28.0. The fourth-order valence-corrected chi connectivity index (χ4v) is 8.75. The van der Waals surface area contributed by atoms with Crippen molar-refractivity contribution < 1.29 is 56.4 Å². The first kappa shape index (κ1) is 64.1. The summed E-state index contributed by atoms with van der Waals surface area (Å²) < 4.78 is 48.6. The number of nitrogens with one attached hydrogen (secondary N) is 5. The molecular weight excluding hydrogens is 963 g/mol. The van der Waals surface area contributed by atoms with Gasteiger partial charge in [0.15, 0.2) is 0 Å². The second-order valence-corrected chi connectivity index (χ2v) is 20.3. The van der Waals surface area contributed by atoms with Gasteiger partial charge in [-0.25, -0.2) is 13.5 Å².